The van der Waals surface area contributed by atoms with Gasteiger partial charge in [0.1, 0.15) is 17.6 Å². The fraction of sp³-hybridized carbons (Fsp3) is 0.250. The van der Waals surface area contributed by atoms with Crippen LogP contribution in [0.5, 0.6) is 17.2 Å². The average Bonchev–Trinajstić information content (AvgIpc) is 3.37. The van der Waals surface area contributed by atoms with Crippen molar-refractivity contribution in [2.45, 2.75) is 39.0 Å². The molecule has 2 unspecified atom stereocenters. The number of carbonyl (C=O) groups excluding carboxylic acids is 2. The predicted molar refractivity (Wildman–Crippen MR) is 132 cm³/mol. The van der Waals surface area contributed by atoms with Crippen molar-refractivity contribution in [1.29, 1.82) is 0 Å². The number of aliphatic hydroxyl groups is 1. The highest BCUT2D eigenvalue weighted by Crippen LogP contribution is 2.43. The van der Waals surface area contributed by atoms with Crippen LogP contribution in [0.3, 0.4) is 0 Å². The Balaban J connectivity index is 1.65. The van der Waals surface area contributed by atoms with E-state index >= 15 is 0 Å². The summed E-state index contributed by atoms with van der Waals surface area (Å²) in [4.78, 5) is 32.1. The molecule has 8 nitrogen and oxygen atoms in total. The van der Waals surface area contributed by atoms with Gasteiger partial charge in [0.05, 0.1) is 18.2 Å². The number of fused-ring (bicyclic) bond motifs is 1. The van der Waals surface area contributed by atoms with E-state index in [9.17, 15) is 19.8 Å². The van der Waals surface area contributed by atoms with Crippen LogP contribution in [-0.4, -0.2) is 44.5 Å². The van der Waals surface area contributed by atoms with Gasteiger partial charge in [-0.3, -0.25) is 14.6 Å². The fourth-order valence-electron chi connectivity index (χ4n) is 4.77. The molecule has 3 heterocycles. The summed E-state index contributed by atoms with van der Waals surface area (Å²) < 4.78 is 11.3. The minimum Gasteiger partial charge on any atom is -0.507 e. The van der Waals surface area contributed by atoms with E-state index in [0.717, 1.165) is 16.9 Å². The maximum absolute atomic E-state index is 13.3. The van der Waals surface area contributed by atoms with E-state index in [0.29, 0.717) is 24.2 Å². The lowest BCUT2D eigenvalue weighted by Gasteiger charge is -2.26. The van der Waals surface area contributed by atoms with Gasteiger partial charge in [-0.2, -0.15) is 0 Å². The molecule has 184 valence electrons. The number of phenols is 1. The minimum absolute atomic E-state index is 0.0241. The number of amides is 1. The van der Waals surface area contributed by atoms with Crippen LogP contribution in [0.25, 0.3) is 5.76 Å². The predicted octanol–water partition coefficient (Wildman–Crippen LogP) is 4.13. The molecule has 0 saturated carbocycles. The molecule has 8 heteroatoms. The van der Waals surface area contributed by atoms with Crippen LogP contribution in [0.1, 0.15) is 42.1 Å². The molecular weight excluding hydrogens is 460 g/mol. The number of aromatic nitrogens is 1. The lowest BCUT2D eigenvalue weighted by atomic mass is 9.94. The van der Waals surface area contributed by atoms with Crippen LogP contribution in [-0.2, 0) is 22.6 Å². The van der Waals surface area contributed by atoms with Crippen LogP contribution in [0.2, 0.25) is 0 Å². The molecule has 3 aromatic rings. The summed E-state index contributed by atoms with van der Waals surface area (Å²) in [5.41, 5.74) is 2.59. The van der Waals surface area contributed by atoms with Crippen molar-refractivity contribution in [3.05, 3.63) is 88.8 Å². The number of aromatic hydroxyl groups is 1. The van der Waals surface area contributed by atoms with E-state index in [-0.39, 0.29) is 35.5 Å². The van der Waals surface area contributed by atoms with Crippen LogP contribution < -0.4 is 9.47 Å². The third-order valence-corrected chi connectivity index (χ3v) is 6.38. The number of hydrogen-bond acceptors (Lipinski definition) is 7. The summed E-state index contributed by atoms with van der Waals surface area (Å²) in [6.07, 6.45) is 3.96. The van der Waals surface area contributed by atoms with E-state index in [2.05, 4.69) is 4.98 Å². The fourth-order valence-corrected chi connectivity index (χ4v) is 4.77. The normalized spacial score (nSPS) is 20.3. The highest BCUT2D eigenvalue weighted by atomic mass is 16.5. The second-order valence-electron chi connectivity index (χ2n) is 8.90. The van der Waals surface area contributed by atoms with Gasteiger partial charge in [0.15, 0.2) is 11.5 Å². The molecule has 2 N–H and O–H groups in total. The first-order chi connectivity index (χ1) is 17.4. The Kier molecular flexibility index (Phi) is 6.10. The number of aliphatic hydroxyl groups excluding tert-OH is 1. The topological polar surface area (TPSA) is 109 Å². The number of phenolic OH excluding ortho intramolecular Hbond substituents is 1. The number of benzene rings is 2. The summed E-state index contributed by atoms with van der Waals surface area (Å²) in [6, 6.07) is 12.6. The number of hydrogen-bond donors (Lipinski definition) is 2. The molecule has 0 radical (unpaired) electrons. The Morgan fingerprint density at radius 1 is 1.19 bits per heavy atom. The molecule has 0 bridgehead atoms. The zero-order valence-electron chi connectivity index (χ0n) is 20.0. The van der Waals surface area contributed by atoms with Crippen molar-refractivity contribution in [1.82, 2.24) is 9.88 Å². The Hall–Kier alpha value is -4.33. The molecule has 0 aliphatic carbocycles. The zero-order valence-corrected chi connectivity index (χ0v) is 20.0. The van der Waals surface area contributed by atoms with E-state index in [4.69, 9.17) is 9.47 Å². The highest BCUT2D eigenvalue weighted by Gasteiger charge is 2.46. The van der Waals surface area contributed by atoms with Gasteiger partial charge in [0.25, 0.3) is 11.7 Å². The number of Topliss-reactive ketones (excluding diaryl/α,β-unsaturated/α-hetero) is 1. The second kappa shape index (κ2) is 9.37. The molecule has 2 aliphatic heterocycles. The first kappa shape index (κ1) is 23.4. The van der Waals surface area contributed by atoms with E-state index in [1.165, 1.54) is 11.0 Å². The number of ketones is 1. The number of ether oxygens (including phenoxy) is 2. The van der Waals surface area contributed by atoms with Crippen molar-refractivity contribution in [3.63, 3.8) is 0 Å². The van der Waals surface area contributed by atoms with Gasteiger partial charge in [0.2, 0.25) is 0 Å². The van der Waals surface area contributed by atoms with Crippen molar-refractivity contribution in [3.8, 4) is 17.2 Å². The van der Waals surface area contributed by atoms with Crippen molar-refractivity contribution in [2.24, 2.45) is 0 Å². The lowest BCUT2D eigenvalue weighted by Crippen LogP contribution is -2.29. The SMILES string of the molecule is CCOc1cc(C2C(=C(O)c3ccc4c(c3)CC(C)O4)C(=O)C(=O)N2Cc2cccnc2)ccc1O. The molecular formula is C28H26N2O6. The van der Waals surface area contributed by atoms with Gasteiger partial charge in [-0.1, -0.05) is 12.1 Å². The molecule has 2 aliphatic rings. The van der Waals surface area contributed by atoms with Gasteiger partial charge in [0, 0.05) is 30.9 Å². The maximum Gasteiger partial charge on any atom is 0.295 e. The second-order valence-corrected chi connectivity index (χ2v) is 8.90. The number of nitrogens with zero attached hydrogens (tertiary/aromatic N) is 2. The van der Waals surface area contributed by atoms with Crippen molar-refractivity contribution in [2.75, 3.05) is 6.61 Å². The molecule has 36 heavy (non-hydrogen) atoms. The summed E-state index contributed by atoms with van der Waals surface area (Å²) in [6.45, 7) is 4.19. The van der Waals surface area contributed by atoms with Gasteiger partial charge in [-0.15, -0.1) is 0 Å². The zero-order chi connectivity index (χ0) is 25.4. The lowest BCUT2D eigenvalue weighted by molar-refractivity contribution is -0.140. The Morgan fingerprint density at radius 3 is 2.78 bits per heavy atom. The van der Waals surface area contributed by atoms with Gasteiger partial charge >= 0.3 is 0 Å². The Bertz CT molecular complexity index is 1370. The molecule has 1 amide bonds. The quantitative estimate of drug-likeness (QED) is 0.306. The summed E-state index contributed by atoms with van der Waals surface area (Å²) in [7, 11) is 0. The van der Waals surface area contributed by atoms with Crippen LogP contribution in [0, 0.1) is 0 Å². The summed E-state index contributed by atoms with van der Waals surface area (Å²) in [5.74, 6) is -0.858. The average molecular weight is 487 g/mol. The monoisotopic (exact) mass is 486 g/mol. The molecule has 0 spiro atoms. The van der Waals surface area contributed by atoms with Crippen molar-refractivity contribution < 1.29 is 29.3 Å². The smallest absolute Gasteiger partial charge is 0.295 e. The summed E-state index contributed by atoms with van der Waals surface area (Å²) >= 11 is 0. The standard InChI is InChI=1S/C28H26N2O6/c1-3-35-23-13-18(6-8-21(23)31)25-24(26(32)19-7-9-22-20(12-19)11-16(2)36-22)27(33)28(34)30(25)15-17-5-4-10-29-14-17/h4-10,12-14,16,25,31-32H,3,11,15H2,1-2H3. The molecule has 2 atom stereocenters. The first-order valence-electron chi connectivity index (χ1n) is 11.8. The van der Waals surface area contributed by atoms with E-state index in [1.54, 1.807) is 55.7 Å². The molecule has 1 saturated heterocycles. The highest BCUT2D eigenvalue weighted by molar-refractivity contribution is 6.46. The largest absolute Gasteiger partial charge is 0.507 e. The van der Waals surface area contributed by atoms with Crippen LogP contribution >= 0.6 is 0 Å². The third kappa shape index (κ3) is 4.15. The molecule has 2 aromatic carbocycles. The molecule has 5 rings (SSSR count). The number of likely N-dealkylation sites (tertiary alicyclic amines) is 1. The van der Waals surface area contributed by atoms with E-state index in [1.807, 2.05) is 13.0 Å². The first-order valence-corrected chi connectivity index (χ1v) is 11.8. The maximum atomic E-state index is 13.3. The number of pyridine rings is 1. The van der Waals surface area contributed by atoms with Crippen LogP contribution in [0.4, 0.5) is 0 Å². The number of carbonyl (C=O) groups is 2. The minimum atomic E-state index is -0.895. The third-order valence-electron chi connectivity index (χ3n) is 6.38. The van der Waals surface area contributed by atoms with Gasteiger partial charge in [-0.25, -0.2) is 0 Å². The van der Waals surface area contributed by atoms with Crippen LogP contribution in [0.15, 0.2) is 66.5 Å². The Morgan fingerprint density at radius 2 is 2.03 bits per heavy atom. The van der Waals surface area contributed by atoms with E-state index < -0.39 is 17.7 Å². The van der Waals surface area contributed by atoms with Crippen molar-refractivity contribution >= 4 is 17.4 Å². The molecule has 1 fully saturated rings. The van der Waals surface area contributed by atoms with Gasteiger partial charge in [-0.05, 0) is 66.9 Å². The summed E-state index contributed by atoms with van der Waals surface area (Å²) in [5, 5.41) is 21.6. The van der Waals surface area contributed by atoms with Gasteiger partial charge < -0.3 is 24.6 Å². The Labute approximate surface area is 208 Å². The number of rotatable bonds is 6. The molecule has 1 aromatic heterocycles.